The third-order valence-corrected chi connectivity index (χ3v) is 5.24. The summed E-state index contributed by atoms with van der Waals surface area (Å²) in [6.07, 6.45) is 9.78. The zero-order valence-corrected chi connectivity index (χ0v) is 12.6. The summed E-state index contributed by atoms with van der Waals surface area (Å²) in [5.74, 6) is 1.67. The van der Waals surface area contributed by atoms with Gasteiger partial charge in [-0.2, -0.15) is 0 Å². The molecular formula is C16H32N2. The summed E-state index contributed by atoms with van der Waals surface area (Å²) in [6.45, 7) is 9.20. The minimum Gasteiger partial charge on any atom is -0.329 e. The van der Waals surface area contributed by atoms with Crippen molar-refractivity contribution in [3.05, 3.63) is 0 Å². The minimum atomic E-state index is 0.282. The fourth-order valence-electron chi connectivity index (χ4n) is 3.69. The first-order chi connectivity index (χ1) is 8.58. The molecule has 0 spiro atoms. The van der Waals surface area contributed by atoms with Crippen LogP contribution in [0.2, 0.25) is 0 Å². The van der Waals surface area contributed by atoms with Gasteiger partial charge in [0.25, 0.3) is 0 Å². The van der Waals surface area contributed by atoms with Gasteiger partial charge in [0.05, 0.1) is 0 Å². The summed E-state index contributed by atoms with van der Waals surface area (Å²) in [5, 5.41) is 0. The lowest BCUT2D eigenvalue weighted by atomic mass is 9.90. The summed E-state index contributed by atoms with van der Waals surface area (Å²) < 4.78 is 0. The molecule has 2 saturated carbocycles. The lowest BCUT2D eigenvalue weighted by Gasteiger charge is -2.45. The Morgan fingerprint density at radius 1 is 1.17 bits per heavy atom. The van der Waals surface area contributed by atoms with Gasteiger partial charge in [0.15, 0.2) is 0 Å². The van der Waals surface area contributed by atoms with Crippen LogP contribution in [0.3, 0.4) is 0 Å². The predicted molar refractivity (Wildman–Crippen MR) is 78.6 cm³/mol. The van der Waals surface area contributed by atoms with Crippen LogP contribution in [-0.4, -0.2) is 29.6 Å². The lowest BCUT2D eigenvalue weighted by molar-refractivity contribution is 0.0411. The number of nitrogens with zero attached hydrogens (tertiary/aromatic N) is 1. The molecule has 2 aliphatic rings. The summed E-state index contributed by atoms with van der Waals surface area (Å²) in [6, 6.07) is 0.817. The Bertz CT molecular complexity index is 254. The molecule has 0 radical (unpaired) electrons. The molecule has 0 aromatic rings. The molecule has 106 valence electrons. The van der Waals surface area contributed by atoms with Crippen molar-refractivity contribution in [1.82, 2.24) is 4.90 Å². The van der Waals surface area contributed by atoms with Crippen molar-refractivity contribution in [1.29, 1.82) is 0 Å². The van der Waals surface area contributed by atoms with E-state index in [9.17, 15) is 0 Å². The Morgan fingerprint density at radius 3 is 2.22 bits per heavy atom. The average molecular weight is 252 g/mol. The van der Waals surface area contributed by atoms with Crippen LogP contribution in [0.4, 0.5) is 0 Å². The standard InChI is InChI=1S/C16H32N2/c1-13(2)10-11-18(15-6-4-5-7-15)16(3,12-17)14-8-9-14/h13-15H,4-12,17H2,1-3H3. The van der Waals surface area contributed by atoms with E-state index in [1.807, 2.05) is 0 Å². The number of hydrogen-bond acceptors (Lipinski definition) is 2. The highest BCUT2D eigenvalue weighted by molar-refractivity contribution is 5.02. The molecule has 18 heavy (non-hydrogen) atoms. The Hall–Kier alpha value is -0.0800. The van der Waals surface area contributed by atoms with Crippen LogP contribution in [0.1, 0.15) is 65.7 Å². The third kappa shape index (κ3) is 3.08. The second-order valence-electron chi connectivity index (χ2n) is 7.15. The zero-order chi connectivity index (χ0) is 13.2. The highest BCUT2D eigenvalue weighted by atomic mass is 15.2. The van der Waals surface area contributed by atoms with E-state index in [2.05, 4.69) is 25.7 Å². The van der Waals surface area contributed by atoms with Crippen molar-refractivity contribution in [2.24, 2.45) is 17.6 Å². The SMILES string of the molecule is CC(C)CCN(C1CCCC1)C(C)(CN)C1CC1. The van der Waals surface area contributed by atoms with Gasteiger partial charge in [0.1, 0.15) is 0 Å². The normalized spacial score (nSPS) is 25.0. The molecule has 0 amide bonds. The van der Waals surface area contributed by atoms with Crippen LogP contribution in [-0.2, 0) is 0 Å². The molecule has 2 nitrogen and oxygen atoms in total. The topological polar surface area (TPSA) is 29.3 Å². The van der Waals surface area contributed by atoms with E-state index < -0.39 is 0 Å². The molecule has 0 aromatic heterocycles. The minimum absolute atomic E-state index is 0.282. The van der Waals surface area contributed by atoms with Crippen LogP contribution < -0.4 is 5.73 Å². The second kappa shape index (κ2) is 5.92. The predicted octanol–water partition coefficient (Wildman–Crippen LogP) is 3.40. The van der Waals surface area contributed by atoms with Crippen molar-refractivity contribution in [2.75, 3.05) is 13.1 Å². The zero-order valence-electron chi connectivity index (χ0n) is 12.6. The van der Waals surface area contributed by atoms with E-state index in [-0.39, 0.29) is 5.54 Å². The van der Waals surface area contributed by atoms with Gasteiger partial charge in [-0.25, -0.2) is 0 Å². The molecule has 2 heteroatoms. The monoisotopic (exact) mass is 252 g/mol. The molecule has 0 aromatic carbocycles. The second-order valence-corrected chi connectivity index (χ2v) is 7.15. The first-order valence-corrected chi connectivity index (χ1v) is 8.04. The Labute approximate surface area is 113 Å². The van der Waals surface area contributed by atoms with Crippen molar-refractivity contribution < 1.29 is 0 Å². The van der Waals surface area contributed by atoms with Crippen LogP contribution in [0.25, 0.3) is 0 Å². The van der Waals surface area contributed by atoms with Crippen molar-refractivity contribution in [3.8, 4) is 0 Å². The Morgan fingerprint density at radius 2 is 1.78 bits per heavy atom. The molecule has 2 aliphatic carbocycles. The van der Waals surface area contributed by atoms with Crippen LogP contribution in [0, 0.1) is 11.8 Å². The van der Waals surface area contributed by atoms with Crippen LogP contribution in [0.15, 0.2) is 0 Å². The molecule has 1 atom stereocenters. The lowest BCUT2D eigenvalue weighted by Crippen LogP contribution is -2.57. The fraction of sp³-hybridized carbons (Fsp3) is 1.00. The quantitative estimate of drug-likeness (QED) is 0.752. The summed E-state index contributed by atoms with van der Waals surface area (Å²) in [5.41, 5.74) is 6.46. The summed E-state index contributed by atoms with van der Waals surface area (Å²) >= 11 is 0. The largest absolute Gasteiger partial charge is 0.329 e. The maximum Gasteiger partial charge on any atom is 0.0334 e. The van der Waals surface area contributed by atoms with Gasteiger partial charge in [-0.15, -0.1) is 0 Å². The highest BCUT2D eigenvalue weighted by Crippen LogP contribution is 2.45. The number of rotatable bonds is 7. The maximum absolute atomic E-state index is 6.18. The van der Waals surface area contributed by atoms with Crippen molar-refractivity contribution in [3.63, 3.8) is 0 Å². The van der Waals surface area contributed by atoms with Crippen molar-refractivity contribution >= 4 is 0 Å². The average Bonchev–Trinajstić information content (AvgIpc) is 3.07. The smallest absolute Gasteiger partial charge is 0.0334 e. The van der Waals surface area contributed by atoms with Gasteiger partial charge >= 0.3 is 0 Å². The molecule has 1 unspecified atom stereocenters. The molecule has 0 saturated heterocycles. The van der Waals surface area contributed by atoms with E-state index in [1.54, 1.807) is 0 Å². The molecule has 2 fully saturated rings. The summed E-state index contributed by atoms with van der Waals surface area (Å²) in [4.78, 5) is 2.82. The van der Waals surface area contributed by atoms with Gasteiger partial charge in [0.2, 0.25) is 0 Å². The van der Waals surface area contributed by atoms with Crippen LogP contribution in [0.5, 0.6) is 0 Å². The molecule has 0 heterocycles. The van der Waals surface area contributed by atoms with Crippen molar-refractivity contribution in [2.45, 2.75) is 77.3 Å². The molecule has 0 bridgehead atoms. The van der Waals surface area contributed by atoms with E-state index in [4.69, 9.17) is 5.73 Å². The first kappa shape index (κ1) is 14.3. The van der Waals surface area contributed by atoms with Gasteiger partial charge in [0, 0.05) is 18.1 Å². The van der Waals surface area contributed by atoms with E-state index in [0.29, 0.717) is 0 Å². The van der Waals surface area contributed by atoms with Gasteiger partial charge in [-0.05, 0) is 57.4 Å². The Kier molecular flexibility index (Phi) is 4.71. The summed E-state index contributed by atoms with van der Waals surface area (Å²) in [7, 11) is 0. The molecule has 2 rings (SSSR count). The van der Waals surface area contributed by atoms with E-state index in [0.717, 1.165) is 24.4 Å². The number of hydrogen-bond donors (Lipinski definition) is 1. The molecule has 2 N–H and O–H groups in total. The van der Waals surface area contributed by atoms with Gasteiger partial charge in [-0.3, -0.25) is 4.90 Å². The highest BCUT2D eigenvalue weighted by Gasteiger charge is 2.46. The van der Waals surface area contributed by atoms with E-state index in [1.165, 1.54) is 51.5 Å². The van der Waals surface area contributed by atoms with Gasteiger partial charge < -0.3 is 5.73 Å². The van der Waals surface area contributed by atoms with E-state index >= 15 is 0 Å². The number of nitrogens with two attached hydrogens (primary N) is 1. The van der Waals surface area contributed by atoms with Crippen LogP contribution >= 0.6 is 0 Å². The first-order valence-electron chi connectivity index (χ1n) is 8.04. The molecular weight excluding hydrogens is 220 g/mol. The van der Waals surface area contributed by atoms with Gasteiger partial charge in [-0.1, -0.05) is 26.7 Å². The maximum atomic E-state index is 6.18. The fourth-order valence-corrected chi connectivity index (χ4v) is 3.69. The molecule has 0 aliphatic heterocycles. The Balaban J connectivity index is 2.06. The third-order valence-electron chi connectivity index (χ3n) is 5.24.